The number of unbranched alkanes of at least 4 members (excludes halogenated alkanes) is 19. The molecule has 0 aromatic rings. The zero-order valence-electron chi connectivity index (χ0n) is 31.7. The SMILES string of the molecule is CCCCCCCC.CCCCCCCCC(C)OC(=O)CCCCN(CCO)CCCCCCCCCC(=O)OCCCCC. The Morgan fingerprint density at radius 1 is 0.522 bits per heavy atom. The van der Waals surface area contributed by atoms with Crippen LogP contribution in [0, 0.1) is 0 Å². The lowest BCUT2D eigenvalue weighted by Gasteiger charge is -2.21. The fourth-order valence-electron chi connectivity index (χ4n) is 5.59. The van der Waals surface area contributed by atoms with Gasteiger partial charge in [0.15, 0.2) is 0 Å². The maximum atomic E-state index is 12.1. The van der Waals surface area contributed by atoms with Crippen molar-refractivity contribution in [2.75, 3.05) is 32.8 Å². The summed E-state index contributed by atoms with van der Waals surface area (Å²) in [4.78, 5) is 26.1. The normalized spacial score (nSPS) is 11.7. The molecular formula is C40H81NO5. The topological polar surface area (TPSA) is 76.1 Å². The summed E-state index contributed by atoms with van der Waals surface area (Å²) in [5.74, 6) is -0.110. The lowest BCUT2D eigenvalue weighted by Crippen LogP contribution is -2.29. The van der Waals surface area contributed by atoms with Crippen molar-refractivity contribution in [2.45, 2.75) is 214 Å². The molecule has 1 N–H and O–H groups in total. The summed E-state index contributed by atoms with van der Waals surface area (Å²) in [7, 11) is 0. The van der Waals surface area contributed by atoms with Crippen LogP contribution in [0.2, 0.25) is 0 Å². The number of ether oxygens (including phenoxy) is 2. The summed E-state index contributed by atoms with van der Waals surface area (Å²) >= 11 is 0. The maximum Gasteiger partial charge on any atom is 0.306 e. The van der Waals surface area contributed by atoms with Gasteiger partial charge >= 0.3 is 11.9 Å². The largest absolute Gasteiger partial charge is 0.466 e. The highest BCUT2D eigenvalue weighted by molar-refractivity contribution is 5.69. The van der Waals surface area contributed by atoms with Crippen molar-refractivity contribution in [2.24, 2.45) is 0 Å². The van der Waals surface area contributed by atoms with Crippen LogP contribution in [0.4, 0.5) is 0 Å². The van der Waals surface area contributed by atoms with Gasteiger partial charge in [0.05, 0.1) is 19.3 Å². The highest BCUT2D eigenvalue weighted by atomic mass is 16.5. The smallest absolute Gasteiger partial charge is 0.306 e. The molecule has 0 aliphatic carbocycles. The number of aliphatic hydroxyl groups excluding tert-OH is 1. The number of aliphatic hydroxyl groups is 1. The van der Waals surface area contributed by atoms with Crippen LogP contribution in [-0.2, 0) is 19.1 Å². The molecule has 1 atom stereocenters. The molecule has 46 heavy (non-hydrogen) atoms. The van der Waals surface area contributed by atoms with Gasteiger partial charge in [-0.2, -0.15) is 0 Å². The van der Waals surface area contributed by atoms with Gasteiger partial charge < -0.3 is 19.5 Å². The minimum atomic E-state index is -0.0685. The number of rotatable bonds is 34. The minimum absolute atomic E-state index is 0.0244. The van der Waals surface area contributed by atoms with Gasteiger partial charge in [0.25, 0.3) is 0 Å². The molecule has 0 spiro atoms. The van der Waals surface area contributed by atoms with Gasteiger partial charge in [-0.05, 0) is 65.0 Å². The van der Waals surface area contributed by atoms with Crippen LogP contribution >= 0.6 is 0 Å². The average molecular weight is 656 g/mol. The number of nitrogens with zero attached hydrogens (tertiary/aromatic N) is 1. The molecule has 0 bridgehead atoms. The summed E-state index contributed by atoms with van der Waals surface area (Å²) in [6.45, 7) is 14.3. The van der Waals surface area contributed by atoms with E-state index in [1.807, 2.05) is 6.92 Å². The lowest BCUT2D eigenvalue weighted by atomic mass is 10.1. The van der Waals surface area contributed by atoms with E-state index in [1.165, 1.54) is 96.3 Å². The third-order valence-electron chi connectivity index (χ3n) is 8.64. The fraction of sp³-hybridized carbons (Fsp3) is 0.950. The zero-order chi connectivity index (χ0) is 34.4. The van der Waals surface area contributed by atoms with Crippen molar-refractivity contribution < 1.29 is 24.2 Å². The minimum Gasteiger partial charge on any atom is -0.466 e. The molecule has 0 aromatic heterocycles. The van der Waals surface area contributed by atoms with Gasteiger partial charge in [-0.1, -0.05) is 143 Å². The third-order valence-corrected chi connectivity index (χ3v) is 8.64. The predicted molar refractivity (Wildman–Crippen MR) is 197 cm³/mol. The molecule has 0 aliphatic heterocycles. The van der Waals surface area contributed by atoms with E-state index in [1.54, 1.807) is 0 Å². The van der Waals surface area contributed by atoms with Gasteiger partial charge in [0.2, 0.25) is 0 Å². The van der Waals surface area contributed by atoms with E-state index in [0.717, 1.165) is 77.3 Å². The maximum absolute atomic E-state index is 12.1. The molecule has 0 aliphatic rings. The van der Waals surface area contributed by atoms with Gasteiger partial charge in [-0.3, -0.25) is 9.59 Å². The monoisotopic (exact) mass is 656 g/mol. The molecular weight excluding hydrogens is 574 g/mol. The summed E-state index contributed by atoms with van der Waals surface area (Å²) < 4.78 is 10.8. The Morgan fingerprint density at radius 3 is 1.48 bits per heavy atom. The van der Waals surface area contributed by atoms with E-state index in [9.17, 15) is 14.7 Å². The van der Waals surface area contributed by atoms with E-state index in [4.69, 9.17) is 9.47 Å². The lowest BCUT2D eigenvalue weighted by molar-refractivity contribution is -0.148. The predicted octanol–water partition coefficient (Wildman–Crippen LogP) is 11.4. The van der Waals surface area contributed by atoms with E-state index in [-0.39, 0.29) is 24.6 Å². The number of carbonyl (C=O) groups excluding carboxylic acids is 2. The molecule has 6 nitrogen and oxygen atoms in total. The Hall–Kier alpha value is -1.14. The second kappa shape index (κ2) is 40.0. The molecule has 0 rings (SSSR count). The van der Waals surface area contributed by atoms with Crippen molar-refractivity contribution in [3.05, 3.63) is 0 Å². The Bertz CT molecular complexity index is 608. The van der Waals surface area contributed by atoms with E-state index >= 15 is 0 Å². The van der Waals surface area contributed by atoms with Crippen LogP contribution in [-0.4, -0.2) is 60.9 Å². The quantitative estimate of drug-likeness (QED) is 0.0549. The molecule has 0 aromatic carbocycles. The molecule has 6 heteroatoms. The van der Waals surface area contributed by atoms with Crippen LogP contribution in [0.3, 0.4) is 0 Å². The number of carbonyl (C=O) groups is 2. The zero-order valence-corrected chi connectivity index (χ0v) is 31.7. The van der Waals surface area contributed by atoms with Gasteiger partial charge in [-0.15, -0.1) is 0 Å². The van der Waals surface area contributed by atoms with Crippen molar-refractivity contribution in [1.29, 1.82) is 0 Å². The van der Waals surface area contributed by atoms with E-state index in [0.29, 0.717) is 26.0 Å². The van der Waals surface area contributed by atoms with Crippen LogP contribution < -0.4 is 0 Å². The fourth-order valence-corrected chi connectivity index (χ4v) is 5.59. The third kappa shape index (κ3) is 39.0. The number of esters is 2. The van der Waals surface area contributed by atoms with Crippen LogP contribution in [0.1, 0.15) is 208 Å². The summed E-state index contributed by atoms with van der Waals surface area (Å²) in [6, 6.07) is 0. The molecule has 1 unspecified atom stereocenters. The first-order valence-electron chi connectivity index (χ1n) is 20.1. The van der Waals surface area contributed by atoms with Crippen LogP contribution in [0.15, 0.2) is 0 Å². The van der Waals surface area contributed by atoms with Gasteiger partial charge in [-0.25, -0.2) is 0 Å². The highest BCUT2D eigenvalue weighted by Gasteiger charge is 2.10. The van der Waals surface area contributed by atoms with Crippen LogP contribution in [0.5, 0.6) is 0 Å². The molecule has 0 fully saturated rings. The molecule has 0 saturated heterocycles. The van der Waals surface area contributed by atoms with Crippen molar-refractivity contribution >= 4 is 11.9 Å². The molecule has 0 heterocycles. The Kier molecular flexibility index (Phi) is 40.9. The molecule has 0 amide bonds. The second-order valence-corrected chi connectivity index (χ2v) is 13.4. The molecule has 276 valence electrons. The first-order chi connectivity index (χ1) is 22.4. The van der Waals surface area contributed by atoms with Gasteiger partial charge in [0.1, 0.15) is 0 Å². The van der Waals surface area contributed by atoms with Crippen LogP contribution in [0.25, 0.3) is 0 Å². The summed E-state index contributed by atoms with van der Waals surface area (Å²) in [5.41, 5.74) is 0. The number of hydrogen-bond acceptors (Lipinski definition) is 6. The Labute approximate surface area is 287 Å². The van der Waals surface area contributed by atoms with Crippen molar-refractivity contribution in [3.63, 3.8) is 0 Å². The molecule has 0 radical (unpaired) electrons. The van der Waals surface area contributed by atoms with Crippen molar-refractivity contribution in [3.8, 4) is 0 Å². The summed E-state index contributed by atoms with van der Waals surface area (Å²) in [5, 5.41) is 9.40. The summed E-state index contributed by atoms with van der Waals surface area (Å²) in [6.07, 6.45) is 31.1. The van der Waals surface area contributed by atoms with E-state index < -0.39 is 0 Å². The standard InChI is InChI=1S/C32H63NO5.C8H18/c1-4-6-8-9-13-16-22-30(3)38-32(36)24-18-20-26-33(27-28-34)25-19-15-12-10-11-14-17-23-31(35)37-29-21-7-5-2;1-3-5-7-8-6-4-2/h30,34H,4-29H2,1-3H3;3-8H2,1-2H3. The first kappa shape index (κ1) is 47.0. The average Bonchev–Trinajstić information content (AvgIpc) is 3.04. The van der Waals surface area contributed by atoms with E-state index in [2.05, 4.69) is 32.6 Å². The van der Waals surface area contributed by atoms with Gasteiger partial charge in [0, 0.05) is 19.4 Å². The molecule has 0 saturated carbocycles. The first-order valence-corrected chi connectivity index (χ1v) is 20.1. The second-order valence-electron chi connectivity index (χ2n) is 13.4. The number of hydrogen-bond donors (Lipinski definition) is 1. The highest BCUT2D eigenvalue weighted by Crippen LogP contribution is 2.13. The Morgan fingerprint density at radius 2 is 0.935 bits per heavy atom. The van der Waals surface area contributed by atoms with Crippen molar-refractivity contribution in [1.82, 2.24) is 4.90 Å². The Balaban J connectivity index is 0.